The van der Waals surface area contributed by atoms with Crippen LogP contribution < -0.4 is 5.32 Å². The zero-order chi connectivity index (χ0) is 6.77. The minimum Gasteiger partial charge on any atom is -0.395 e. The molecule has 1 saturated heterocycles. The van der Waals surface area contributed by atoms with Crippen molar-refractivity contribution in [1.29, 1.82) is 0 Å². The second-order valence-corrected chi connectivity index (χ2v) is 4.06. The highest BCUT2D eigenvalue weighted by Gasteiger charge is 2.75. The standard InChI is InChI=1S/C8H13NO/c10-4-6-7-5(3-9-6)8(7)1-2-8/h5-7,9-10H,1-4H2/t5?,6-,7?/m1/s1. The Bertz CT molecular complexity index is 176. The van der Waals surface area contributed by atoms with Crippen molar-refractivity contribution in [3.63, 3.8) is 0 Å². The second-order valence-electron chi connectivity index (χ2n) is 4.06. The fourth-order valence-corrected chi connectivity index (χ4v) is 3.06. The third-order valence-corrected chi connectivity index (χ3v) is 3.78. The Hall–Kier alpha value is -0.0800. The van der Waals surface area contributed by atoms with Gasteiger partial charge >= 0.3 is 0 Å². The number of hydrogen-bond donors (Lipinski definition) is 2. The van der Waals surface area contributed by atoms with E-state index in [-0.39, 0.29) is 0 Å². The minimum absolute atomic E-state index is 0.350. The van der Waals surface area contributed by atoms with E-state index in [0.717, 1.165) is 17.3 Å². The van der Waals surface area contributed by atoms with E-state index in [1.807, 2.05) is 0 Å². The third kappa shape index (κ3) is 0.424. The van der Waals surface area contributed by atoms with Crippen LogP contribution in [-0.4, -0.2) is 24.3 Å². The molecular weight excluding hydrogens is 126 g/mol. The summed E-state index contributed by atoms with van der Waals surface area (Å²) in [6.07, 6.45) is 2.89. The first kappa shape index (κ1) is 5.56. The van der Waals surface area contributed by atoms with E-state index in [0.29, 0.717) is 12.6 Å². The molecule has 2 saturated carbocycles. The monoisotopic (exact) mass is 139 g/mol. The molecule has 2 unspecified atom stereocenters. The molecule has 0 radical (unpaired) electrons. The Labute approximate surface area is 60.6 Å². The van der Waals surface area contributed by atoms with Gasteiger partial charge in [0.2, 0.25) is 0 Å². The number of hydrogen-bond acceptors (Lipinski definition) is 2. The van der Waals surface area contributed by atoms with Crippen LogP contribution in [0.25, 0.3) is 0 Å². The lowest BCUT2D eigenvalue weighted by atomic mass is 10.1. The van der Waals surface area contributed by atoms with E-state index in [2.05, 4.69) is 5.32 Å². The Kier molecular flexibility index (Phi) is 0.783. The van der Waals surface area contributed by atoms with Crippen LogP contribution in [0.2, 0.25) is 0 Å². The average Bonchev–Trinajstić information content (AvgIpc) is 2.81. The van der Waals surface area contributed by atoms with Gasteiger partial charge in [0.05, 0.1) is 6.61 Å². The van der Waals surface area contributed by atoms with Crippen LogP contribution in [0.5, 0.6) is 0 Å². The first-order valence-electron chi connectivity index (χ1n) is 4.23. The molecule has 2 aliphatic carbocycles. The molecule has 2 nitrogen and oxygen atoms in total. The lowest BCUT2D eigenvalue weighted by Crippen LogP contribution is -2.31. The topological polar surface area (TPSA) is 32.3 Å². The second kappa shape index (κ2) is 1.41. The van der Waals surface area contributed by atoms with Crippen molar-refractivity contribution in [2.45, 2.75) is 18.9 Å². The molecule has 0 amide bonds. The average molecular weight is 139 g/mol. The number of rotatable bonds is 1. The summed E-state index contributed by atoms with van der Waals surface area (Å²) in [6, 6.07) is 0.451. The summed E-state index contributed by atoms with van der Waals surface area (Å²) < 4.78 is 0. The summed E-state index contributed by atoms with van der Waals surface area (Å²) in [7, 11) is 0. The molecule has 0 aromatic heterocycles. The number of aliphatic hydroxyl groups is 1. The first-order valence-corrected chi connectivity index (χ1v) is 4.23. The maximum Gasteiger partial charge on any atom is 0.0587 e. The van der Waals surface area contributed by atoms with E-state index >= 15 is 0 Å². The molecule has 0 bridgehead atoms. The number of fused-ring (bicyclic) bond motifs is 3. The van der Waals surface area contributed by atoms with Crippen molar-refractivity contribution in [3.05, 3.63) is 0 Å². The summed E-state index contributed by atoms with van der Waals surface area (Å²) in [6.45, 7) is 1.53. The Morgan fingerprint density at radius 1 is 1.50 bits per heavy atom. The number of piperidine rings is 1. The Morgan fingerprint density at radius 2 is 2.30 bits per heavy atom. The smallest absolute Gasteiger partial charge is 0.0587 e. The Balaban J connectivity index is 1.82. The van der Waals surface area contributed by atoms with Gasteiger partial charge in [-0.3, -0.25) is 0 Å². The molecule has 10 heavy (non-hydrogen) atoms. The predicted octanol–water partition coefficient (Wildman–Crippen LogP) is -0.0233. The fraction of sp³-hybridized carbons (Fsp3) is 1.00. The molecule has 3 aliphatic rings. The maximum atomic E-state index is 8.96. The van der Waals surface area contributed by atoms with Crippen molar-refractivity contribution in [2.24, 2.45) is 17.3 Å². The zero-order valence-corrected chi connectivity index (χ0v) is 6.01. The zero-order valence-electron chi connectivity index (χ0n) is 6.01. The van der Waals surface area contributed by atoms with Crippen molar-refractivity contribution in [1.82, 2.24) is 5.32 Å². The van der Waals surface area contributed by atoms with E-state index in [1.54, 1.807) is 0 Å². The number of aliphatic hydroxyl groups excluding tert-OH is 1. The quantitative estimate of drug-likeness (QED) is 0.535. The lowest BCUT2D eigenvalue weighted by molar-refractivity contribution is 0.234. The van der Waals surface area contributed by atoms with Crippen molar-refractivity contribution < 1.29 is 5.11 Å². The Morgan fingerprint density at radius 3 is 2.80 bits per heavy atom. The molecule has 56 valence electrons. The molecule has 0 aromatic rings. The van der Waals surface area contributed by atoms with Crippen LogP contribution in [0.3, 0.4) is 0 Å². The fourth-order valence-electron chi connectivity index (χ4n) is 3.06. The SMILES string of the molecule is OC[C@H]1NCC2C1C21CC1. The lowest BCUT2D eigenvalue weighted by Gasteiger charge is -2.10. The highest BCUT2D eigenvalue weighted by Crippen LogP contribution is 2.77. The normalized spacial score (nSPS) is 53.1. The van der Waals surface area contributed by atoms with Gasteiger partial charge in [-0.15, -0.1) is 0 Å². The van der Waals surface area contributed by atoms with Crippen LogP contribution in [0.4, 0.5) is 0 Å². The summed E-state index contributed by atoms with van der Waals surface area (Å²) in [5.74, 6) is 1.81. The summed E-state index contributed by atoms with van der Waals surface area (Å²) in [4.78, 5) is 0. The van der Waals surface area contributed by atoms with Gasteiger partial charge in [-0.1, -0.05) is 0 Å². The van der Waals surface area contributed by atoms with Gasteiger partial charge in [0.1, 0.15) is 0 Å². The summed E-state index contributed by atoms with van der Waals surface area (Å²) >= 11 is 0. The minimum atomic E-state index is 0.350. The van der Waals surface area contributed by atoms with Gasteiger partial charge in [-0.05, 0) is 36.6 Å². The van der Waals surface area contributed by atoms with Crippen molar-refractivity contribution >= 4 is 0 Å². The summed E-state index contributed by atoms with van der Waals surface area (Å²) in [5, 5.41) is 12.3. The van der Waals surface area contributed by atoms with E-state index < -0.39 is 0 Å². The van der Waals surface area contributed by atoms with Gasteiger partial charge in [0.25, 0.3) is 0 Å². The van der Waals surface area contributed by atoms with Gasteiger partial charge in [-0.25, -0.2) is 0 Å². The maximum absolute atomic E-state index is 8.96. The molecule has 1 aliphatic heterocycles. The van der Waals surface area contributed by atoms with Crippen LogP contribution in [0.1, 0.15) is 12.8 Å². The molecule has 3 atom stereocenters. The number of nitrogens with one attached hydrogen (secondary N) is 1. The van der Waals surface area contributed by atoms with Gasteiger partial charge in [-0.2, -0.15) is 0 Å². The summed E-state index contributed by atoms with van der Waals surface area (Å²) in [5.41, 5.74) is 0.763. The molecule has 0 aromatic carbocycles. The third-order valence-electron chi connectivity index (χ3n) is 3.78. The van der Waals surface area contributed by atoms with Gasteiger partial charge in [0.15, 0.2) is 0 Å². The largest absolute Gasteiger partial charge is 0.395 e. The van der Waals surface area contributed by atoms with Gasteiger partial charge < -0.3 is 10.4 Å². The molecule has 2 N–H and O–H groups in total. The molecule has 2 heteroatoms. The van der Waals surface area contributed by atoms with E-state index in [4.69, 9.17) is 5.11 Å². The van der Waals surface area contributed by atoms with Crippen molar-refractivity contribution in [2.75, 3.05) is 13.2 Å². The van der Waals surface area contributed by atoms with Crippen LogP contribution in [0, 0.1) is 17.3 Å². The van der Waals surface area contributed by atoms with Crippen LogP contribution in [-0.2, 0) is 0 Å². The molecule has 1 heterocycles. The van der Waals surface area contributed by atoms with Crippen LogP contribution >= 0.6 is 0 Å². The van der Waals surface area contributed by atoms with E-state index in [9.17, 15) is 0 Å². The van der Waals surface area contributed by atoms with E-state index in [1.165, 1.54) is 19.4 Å². The predicted molar refractivity (Wildman–Crippen MR) is 37.5 cm³/mol. The van der Waals surface area contributed by atoms with Crippen LogP contribution in [0.15, 0.2) is 0 Å². The highest BCUT2D eigenvalue weighted by molar-refractivity contribution is 5.25. The van der Waals surface area contributed by atoms with Crippen molar-refractivity contribution in [3.8, 4) is 0 Å². The van der Waals surface area contributed by atoms with Gasteiger partial charge in [0, 0.05) is 6.04 Å². The molecule has 3 rings (SSSR count). The molecular formula is C8H13NO. The molecule has 3 fully saturated rings. The molecule has 1 spiro atoms. The highest BCUT2D eigenvalue weighted by atomic mass is 16.3. The first-order chi connectivity index (χ1) is 4.88.